The highest BCUT2D eigenvalue weighted by Crippen LogP contribution is 2.19. The topological polar surface area (TPSA) is 102 Å². The molecule has 138 valence electrons. The normalized spacial score (nSPS) is 11.7. The fourth-order valence-corrected chi connectivity index (χ4v) is 2.51. The van der Waals surface area contributed by atoms with E-state index in [0.717, 1.165) is 11.1 Å². The molecule has 0 bridgehead atoms. The molecule has 0 aliphatic carbocycles. The van der Waals surface area contributed by atoms with Gasteiger partial charge in [-0.15, -0.1) is 10.2 Å². The number of hydrogen-bond donors (Lipinski definition) is 2. The molecule has 1 aromatic heterocycles. The number of carbonyl (C=O) groups is 2. The van der Waals surface area contributed by atoms with E-state index >= 15 is 0 Å². The van der Waals surface area contributed by atoms with Crippen LogP contribution in [-0.4, -0.2) is 32.0 Å². The van der Waals surface area contributed by atoms with E-state index in [1.54, 1.807) is 31.2 Å². The Kier molecular flexibility index (Phi) is 5.25. The van der Waals surface area contributed by atoms with Crippen molar-refractivity contribution >= 4 is 23.2 Å². The minimum absolute atomic E-state index is 0.151. The number of rotatable bonds is 5. The molecular weight excluding hydrogens is 344 g/mol. The zero-order valence-electron chi connectivity index (χ0n) is 15.3. The molecule has 27 heavy (non-hydrogen) atoms. The van der Waals surface area contributed by atoms with E-state index in [2.05, 4.69) is 26.0 Å². The quantitative estimate of drug-likeness (QED) is 0.725. The first-order valence-corrected chi connectivity index (χ1v) is 8.48. The minimum atomic E-state index is -0.634. The number of carbonyl (C=O) groups excluding carboxylic acids is 2. The van der Waals surface area contributed by atoms with Gasteiger partial charge < -0.3 is 10.6 Å². The number of nitrogens with one attached hydrogen (secondary N) is 2. The molecule has 3 rings (SSSR count). The molecule has 3 aromatic rings. The standard InChI is InChI=1S/C19H20N6O2/c1-12-6-4-5-7-17(12)18-22-24-25(23-18)13(2)19(27)21-16-10-8-15(9-11-16)20-14(3)26/h4-11,13H,1-3H3,(H,20,26)(H,21,27)/t13-/m1/s1. The predicted molar refractivity (Wildman–Crippen MR) is 102 cm³/mol. The molecule has 2 amide bonds. The molecule has 0 aliphatic rings. The third-order valence-corrected chi connectivity index (χ3v) is 4.01. The van der Waals surface area contributed by atoms with Crippen LogP contribution >= 0.6 is 0 Å². The lowest BCUT2D eigenvalue weighted by atomic mass is 10.1. The molecule has 2 N–H and O–H groups in total. The van der Waals surface area contributed by atoms with Crippen LogP contribution in [0, 0.1) is 6.92 Å². The van der Waals surface area contributed by atoms with Gasteiger partial charge in [-0.1, -0.05) is 24.3 Å². The zero-order chi connectivity index (χ0) is 19.4. The Labute approximate surface area is 156 Å². The number of hydrogen-bond acceptors (Lipinski definition) is 5. The third kappa shape index (κ3) is 4.35. The number of anilines is 2. The SMILES string of the molecule is CC(=O)Nc1ccc(NC(=O)[C@@H](C)n2nnc(-c3ccccc3C)n2)cc1. The Hall–Kier alpha value is -3.55. The predicted octanol–water partition coefficient (Wildman–Crippen LogP) is 2.81. The van der Waals surface area contributed by atoms with Gasteiger partial charge in [-0.05, 0) is 48.9 Å². The molecule has 0 aliphatic heterocycles. The smallest absolute Gasteiger partial charge is 0.250 e. The van der Waals surface area contributed by atoms with Crippen molar-refractivity contribution in [2.24, 2.45) is 0 Å². The molecule has 0 unspecified atom stereocenters. The molecule has 8 heteroatoms. The molecule has 0 saturated carbocycles. The first kappa shape index (κ1) is 18.2. The Balaban J connectivity index is 1.69. The van der Waals surface area contributed by atoms with Crippen molar-refractivity contribution in [1.29, 1.82) is 0 Å². The number of tetrazole rings is 1. The molecular formula is C19H20N6O2. The summed E-state index contributed by atoms with van der Waals surface area (Å²) in [6.07, 6.45) is 0. The van der Waals surface area contributed by atoms with Crippen LogP contribution in [-0.2, 0) is 9.59 Å². The summed E-state index contributed by atoms with van der Waals surface area (Å²) >= 11 is 0. The van der Waals surface area contributed by atoms with Crippen molar-refractivity contribution in [2.75, 3.05) is 10.6 Å². The van der Waals surface area contributed by atoms with Gasteiger partial charge in [0.1, 0.15) is 6.04 Å². The van der Waals surface area contributed by atoms with E-state index in [0.29, 0.717) is 17.2 Å². The van der Waals surface area contributed by atoms with Gasteiger partial charge in [-0.3, -0.25) is 9.59 Å². The van der Waals surface area contributed by atoms with E-state index < -0.39 is 6.04 Å². The van der Waals surface area contributed by atoms with Gasteiger partial charge in [-0.2, -0.15) is 4.80 Å². The summed E-state index contributed by atoms with van der Waals surface area (Å²) in [5, 5.41) is 17.9. The van der Waals surface area contributed by atoms with Gasteiger partial charge in [-0.25, -0.2) is 0 Å². The summed E-state index contributed by atoms with van der Waals surface area (Å²) in [6.45, 7) is 5.11. The first-order chi connectivity index (χ1) is 12.9. The lowest BCUT2D eigenvalue weighted by molar-refractivity contribution is -0.119. The van der Waals surface area contributed by atoms with Crippen molar-refractivity contribution in [3.8, 4) is 11.4 Å². The lowest BCUT2D eigenvalue weighted by Gasteiger charge is -2.11. The van der Waals surface area contributed by atoms with Crippen molar-refractivity contribution < 1.29 is 9.59 Å². The van der Waals surface area contributed by atoms with Crippen LogP contribution in [0.4, 0.5) is 11.4 Å². The highest BCUT2D eigenvalue weighted by atomic mass is 16.2. The fraction of sp³-hybridized carbons (Fsp3) is 0.211. The van der Waals surface area contributed by atoms with Crippen molar-refractivity contribution in [3.63, 3.8) is 0 Å². The molecule has 1 atom stereocenters. The molecule has 2 aromatic carbocycles. The Morgan fingerprint density at radius 3 is 2.26 bits per heavy atom. The monoisotopic (exact) mass is 364 g/mol. The van der Waals surface area contributed by atoms with Crippen LogP contribution in [0.5, 0.6) is 0 Å². The van der Waals surface area contributed by atoms with Crippen molar-refractivity contribution in [2.45, 2.75) is 26.8 Å². The van der Waals surface area contributed by atoms with Gasteiger partial charge in [0, 0.05) is 23.9 Å². The second kappa shape index (κ2) is 7.77. The average molecular weight is 364 g/mol. The summed E-state index contributed by atoms with van der Waals surface area (Å²) in [7, 11) is 0. The molecule has 8 nitrogen and oxygen atoms in total. The molecule has 0 radical (unpaired) electrons. The second-order valence-corrected chi connectivity index (χ2v) is 6.17. The van der Waals surface area contributed by atoms with E-state index in [9.17, 15) is 9.59 Å². The van der Waals surface area contributed by atoms with Crippen LogP contribution in [0.1, 0.15) is 25.5 Å². The summed E-state index contributed by atoms with van der Waals surface area (Å²) < 4.78 is 0. The van der Waals surface area contributed by atoms with Crippen LogP contribution < -0.4 is 10.6 Å². The molecule has 0 fully saturated rings. The molecule has 0 saturated heterocycles. The number of benzene rings is 2. The van der Waals surface area contributed by atoms with Crippen molar-refractivity contribution in [1.82, 2.24) is 20.2 Å². The Bertz CT molecular complexity index is 964. The number of aryl methyl sites for hydroxylation is 1. The van der Waals surface area contributed by atoms with Gasteiger partial charge in [0.25, 0.3) is 5.91 Å². The maximum absolute atomic E-state index is 12.5. The first-order valence-electron chi connectivity index (χ1n) is 8.48. The van der Waals surface area contributed by atoms with Gasteiger partial charge in [0.2, 0.25) is 11.7 Å². The summed E-state index contributed by atoms with van der Waals surface area (Å²) in [6, 6.07) is 13.9. The van der Waals surface area contributed by atoms with Crippen LogP contribution in [0.15, 0.2) is 48.5 Å². The van der Waals surface area contributed by atoms with E-state index in [1.807, 2.05) is 31.2 Å². The van der Waals surface area contributed by atoms with Gasteiger partial charge in [0.05, 0.1) is 0 Å². The molecule has 1 heterocycles. The van der Waals surface area contributed by atoms with Crippen LogP contribution in [0.25, 0.3) is 11.4 Å². The van der Waals surface area contributed by atoms with Gasteiger partial charge in [0.15, 0.2) is 0 Å². The summed E-state index contributed by atoms with van der Waals surface area (Å²) in [5.74, 6) is 0.0607. The zero-order valence-corrected chi connectivity index (χ0v) is 15.3. The van der Waals surface area contributed by atoms with Crippen LogP contribution in [0.2, 0.25) is 0 Å². The van der Waals surface area contributed by atoms with Crippen LogP contribution in [0.3, 0.4) is 0 Å². The molecule has 0 spiro atoms. The second-order valence-electron chi connectivity index (χ2n) is 6.17. The van der Waals surface area contributed by atoms with Crippen molar-refractivity contribution in [3.05, 3.63) is 54.1 Å². The lowest BCUT2D eigenvalue weighted by Crippen LogP contribution is -2.25. The number of amides is 2. The largest absolute Gasteiger partial charge is 0.326 e. The summed E-state index contributed by atoms with van der Waals surface area (Å²) in [4.78, 5) is 24.8. The maximum atomic E-state index is 12.5. The fourth-order valence-electron chi connectivity index (χ4n) is 2.51. The number of nitrogens with zero attached hydrogens (tertiary/aromatic N) is 4. The van der Waals surface area contributed by atoms with E-state index in [4.69, 9.17) is 0 Å². The minimum Gasteiger partial charge on any atom is -0.326 e. The average Bonchev–Trinajstić information content (AvgIpc) is 3.12. The highest BCUT2D eigenvalue weighted by molar-refractivity contribution is 5.94. The highest BCUT2D eigenvalue weighted by Gasteiger charge is 2.19. The third-order valence-electron chi connectivity index (χ3n) is 4.01. The number of aromatic nitrogens is 4. The summed E-state index contributed by atoms with van der Waals surface area (Å²) in [5.41, 5.74) is 3.19. The van der Waals surface area contributed by atoms with E-state index in [1.165, 1.54) is 11.7 Å². The van der Waals surface area contributed by atoms with Gasteiger partial charge >= 0.3 is 0 Å². The maximum Gasteiger partial charge on any atom is 0.250 e. The Morgan fingerprint density at radius 2 is 1.63 bits per heavy atom. The Morgan fingerprint density at radius 1 is 1.00 bits per heavy atom. The van der Waals surface area contributed by atoms with E-state index in [-0.39, 0.29) is 11.8 Å².